The Morgan fingerprint density at radius 1 is 0.157 bits per heavy atom. The Kier molecular flexibility index (Phi) is 16.7. The van der Waals surface area contributed by atoms with E-state index >= 15 is 0 Å². The van der Waals surface area contributed by atoms with Gasteiger partial charge in [0.05, 0.1) is 0 Å². The van der Waals surface area contributed by atoms with Crippen LogP contribution < -0.4 is 5.46 Å². The normalized spacial score (nSPS) is 12.3. The minimum atomic E-state index is -1.35. The molecule has 0 aromatic heterocycles. The minimum Gasteiger partial charge on any atom is -0.423 e. The molecule has 0 aliphatic heterocycles. The number of fused-ring (bicyclic) bond motifs is 27. The van der Waals surface area contributed by atoms with Crippen molar-refractivity contribution >= 4 is 262 Å². The highest BCUT2D eigenvalue weighted by Crippen LogP contribution is 2.54. The fourth-order valence-corrected chi connectivity index (χ4v) is 23.9. The van der Waals surface area contributed by atoms with Gasteiger partial charge in [-0.15, -0.1) is 0 Å². The van der Waals surface area contributed by atoms with Crippen molar-refractivity contribution in [2.45, 2.75) is 55.4 Å². The lowest BCUT2D eigenvalue weighted by atomic mass is 9.74. The Morgan fingerprint density at radius 3 is 0.559 bits per heavy atom. The first-order valence-corrected chi connectivity index (χ1v) is 44.9. The van der Waals surface area contributed by atoms with Crippen molar-refractivity contribution in [1.29, 1.82) is 0 Å². The Bertz CT molecular complexity index is 9140. The number of halogens is 2. The first-order chi connectivity index (χ1) is 62.0. The van der Waals surface area contributed by atoms with Gasteiger partial charge in [0, 0.05) is 10.0 Å². The summed E-state index contributed by atoms with van der Waals surface area (Å²) in [6.07, 6.45) is 0. The van der Waals surface area contributed by atoms with E-state index in [0.29, 0.717) is 5.46 Å². The van der Waals surface area contributed by atoms with E-state index in [1.807, 2.05) is 44.2 Å². The van der Waals surface area contributed by atoms with Crippen LogP contribution in [0.4, 0.5) is 0 Å². The number of hydrogen-bond acceptors (Lipinski definition) is 2. The third-order valence-corrected chi connectivity index (χ3v) is 29.4. The zero-order valence-electron chi connectivity index (χ0n) is 71.5. The molecule has 0 saturated heterocycles. The molecule has 0 saturated carbocycles. The fourth-order valence-electron chi connectivity index (χ4n) is 23.5. The molecule has 28 aromatic carbocycles. The van der Waals surface area contributed by atoms with Crippen LogP contribution in [0.25, 0.3) is 260 Å². The van der Waals surface area contributed by atoms with E-state index in [2.05, 4.69) is 345 Å². The lowest BCUT2D eigenvalue weighted by Crippen LogP contribution is -2.34. The van der Waals surface area contributed by atoms with Crippen molar-refractivity contribution in [3.05, 3.63) is 388 Å². The molecular formula is C122H81BCl2O2. The van der Waals surface area contributed by atoms with Gasteiger partial charge in [-0.1, -0.05) is 289 Å². The molecule has 0 aliphatic carbocycles. The highest BCUT2D eigenvalue weighted by molar-refractivity contribution is 6.60. The van der Waals surface area contributed by atoms with Gasteiger partial charge in [0.25, 0.3) is 0 Å². The molecular weight excluding hydrogens is 1580 g/mol. The fraction of sp³-hybridized carbons (Fsp3) is 0.0656. The van der Waals surface area contributed by atoms with E-state index in [1.54, 1.807) is 0 Å². The molecule has 598 valence electrons. The average molecular weight is 1660 g/mol. The topological polar surface area (TPSA) is 40.5 Å². The van der Waals surface area contributed by atoms with Crippen LogP contribution in [-0.4, -0.2) is 17.2 Å². The molecule has 2 nitrogen and oxygen atoms in total. The third-order valence-electron chi connectivity index (χ3n) is 28.9. The van der Waals surface area contributed by atoms with Crippen LogP contribution in [0.2, 0.25) is 10.0 Å². The van der Waals surface area contributed by atoms with E-state index in [0.717, 1.165) is 21.2 Å². The maximum absolute atomic E-state index is 8.94. The molecule has 28 aromatic rings. The van der Waals surface area contributed by atoms with Gasteiger partial charge in [0.15, 0.2) is 0 Å². The molecule has 0 fully saturated rings. The van der Waals surface area contributed by atoms with Gasteiger partial charge in [-0.3, -0.25) is 0 Å². The van der Waals surface area contributed by atoms with Crippen molar-refractivity contribution in [2.24, 2.45) is 0 Å². The Morgan fingerprint density at radius 2 is 0.331 bits per heavy atom. The van der Waals surface area contributed by atoms with Gasteiger partial charge < -0.3 is 10.0 Å². The molecule has 2 N–H and O–H groups in total. The standard InChI is InChI=1S/C46H32.C38H24.C30H14Cl2.C8H11BO2/c1-25-9-5-10-26(2)43(25)29-17-19-31-37(21-29)33-13-7-15-35-40-24-42-32-20-18-30(44-27(3)11-6-12-28(44)4)22-38(32)34-14-8-16-36(46(34)42)39(40)23-41(31)45(33)35;1-21-8-5-9-22(2)36(21)23-16-17-26-31(18-23)28-13-7-15-30-32-19-34-25-11-4-3-10-24(25)27-12-6-14-29(37(27)34)33(32)20-35(26)38(28)30;31-15-7-9-17-23(11-15)19-3-1-5-21-25-13-28-18-10-8-16(32)12-24(18)20-4-2-6-22(30(20)28)26(25)14-27(17)29(19)21;1-6-4-3-5-7(2)8(6)9(10)11/h5-24H,1-4H3;3-20H,1-2H3;1-14H;3-5,10-11H,1-2H3. The molecule has 127 heavy (non-hydrogen) atoms. The predicted molar refractivity (Wildman–Crippen MR) is 555 cm³/mol. The Labute approximate surface area is 743 Å². The maximum atomic E-state index is 8.94. The number of benzene rings is 22. The first kappa shape index (κ1) is 75.3. The lowest BCUT2D eigenvalue weighted by molar-refractivity contribution is 0.425. The second kappa shape index (κ2) is 28.1. The second-order valence-corrected chi connectivity index (χ2v) is 36.8. The molecule has 5 heteroatoms. The molecule has 0 atom stereocenters. The first-order valence-electron chi connectivity index (χ1n) is 44.1. The number of aryl methyl sites for hydroxylation is 8. The van der Waals surface area contributed by atoms with Crippen LogP contribution in [0, 0.1) is 55.4 Å². The third kappa shape index (κ3) is 11.0. The summed E-state index contributed by atoms with van der Waals surface area (Å²) in [4.78, 5) is 0. The maximum Gasteiger partial charge on any atom is 0.488 e. The monoisotopic (exact) mass is 1660 g/mol. The Hall–Kier alpha value is -14.3. The number of hydrogen-bond donors (Lipinski definition) is 2. The number of rotatable bonds is 4. The molecule has 0 unspecified atom stereocenters. The summed E-state index contributed by atoms with van der Waals surface area (Å²) in [5.41, 5.74) is 18.4. The van der Waals surface area contributed by atoms with Gasteiger partial charge in [-0.2, -0.15) is 0 Å². The summed E-state index contributed by atoms with van der Waals surface area (Å²) in [7, 11) is -1.35. The van der Waals surface area contributed by atoms with Crippen LogP contribution in [0.1, 0.15) is 44.5 Å². The molecule has 0 heterocycles. The summed E-state index contributed by atoms with van der Waals surface area (Å²) in [5.74, 6) is 0. The minimum absolute atomic E-state index is 0.618. The molecule has 0 aliphatic rings. The summed E-state index contributed by atoms with van der Waals surface area (Å²) < 4.78 is 0. The van der Waals surface area contributed by atoms with Gasteiger partial charge >= 0.3 is 7.12 Å². The van der Waals surface area contributed by atoms with Crippen LogP contribution in [0.5, 0.6) is 0 Å². The quantitative estimate of drug-likeness (QED) is 0.136. The summed E-state index contributed by atoms with van der Waals surface area (Å²) in [6, 6.07) is 124. The van der Waals surface area contributed by atoms with Crippen molar-refractivity contribution in [3.63, 3.8) is 0 Å². The van der Waals surface area contributed by atoms with E-state index in [1.165, 1.54) is 293 Å². The van der Waals surface area contributed by atoms with Crippen molar-refractivity contribution in [2.75, 3.05) is 0 Å². The molecule has 0 bridgehead atoms. The van der Waals surface area contributed by atoms with Crippen LogP contribution in [0.15, 0.2) is 334 Å². The van der Waals surface area contributed by atoms with Gasteiger partial charge in [0.2, 0.25) is 0 Å². The van der Waals surface area contributed by atoms with Crippen LogP contribution >= 0.6 is 23.2 Å². The molecule has 28 rings (SSSR count). The zero-order valence-corrected chi connectivity index (χ0v) is 73.0. The van der Waals surface area contributed by atoms with Crippen molar-refractivity contribution in [3.8, 4) is 33.4 Å². The largest absolute Gasteiger partial charge is 0.488 e. The van der Waals surface area contributed by atoms with E-state index in [4.69, 9.17) is 33.2 Å². The van der Waals surface area contributed by atoms with Crippen molar-refractivity contribution < 1.29 is 10.0 Å². The molecule has 0 radical (unpaired) electrons. The zero-order chi connectivity index (χ0) is 85.5. The highest BCUT2D eigenvalue weighted by atomic mass is 35.5. The molecule has 0 spiro atoms. The summed E-state index contributed by atoms with van der Waals surface area (Å²) in [6.45, 7) is 17.1. The van der Waals surface area contributed by atoms with Crippen molar-refractivity contribution in [1.82, 2.24) is 0 Å². The van der Waals surface area contributed by atoms with E-state index in [9.17, 15) is 0 Å². The summed E-state index contributed by atoms with van der Waals surface area (Å²) >= 11 is 12.8. The van der Waals surface area contributed by atoms with E-state index in [-0.39, 0.29) is 0 Å². The van der Waals surface area contributed by atoms with Crippen LogP contribution in [-0.2, 0) is 0 Å². The Balaban J connectivity index is 0.0000000988. The van der Waals surface area contributed by atoms with Crippen LogP contribution in [0.3, 0.4) is 0 Å². The summed E-state index contributed by atoms with van der Waals surface area (Å²) in [5, 5.41) is 75.4. The smallest absolute Gasteiger partial charge is 0.423 e. The average Bonchev–Trinajstić information content (AvgIpc) is 1.55. The SMILES string of the molecule is Cc1cccc(C)c1-c1ccc2c(c1)c1cccc3c4cc5c6ccc(-c7c(C)cccc7C)cc6c6cccc(c4cc2c13)c65.Cc1cccc(C)c1-c1ccc2c(c1)c1cccc3c4cc5c6ccccc6c6cccc(c4cc2c13)c65.Cc1cccc(C)c1B(O)O.Clc1ccc2c(c1)c1cccc3c4cc5c6ccc(Cl)cc6c6cccc(c4cc2c13)c65. The predicted octanol–water partition coefficient (Wildman–Crippen LogP) is 34.0. The lowest BCUT2D eigenvalue weighted by Gasteiger charge is -2.10. The van der Waals surface area contributed by atoms with Gasteiger partial charge in [0.1, 0.15) is 0 Å². The van der Waals surface area contributed by atoms with E-state index < -0.39 is 7.12 Å². The van der Waals surface area contributed by atoms with Gasteiger partial charge in [-0.25, -0.2) is 0 Å². The highest BCUT2D eigenvalue weighted by Gasteiger charge is 2.26. The molecule has 0 amide bonds. The van der Waals surface area contributed by atoms with Gasteiger partial charge in [-0.05, 0) is 433 Å². The second-order valence-electron chi connectivity index (χ2n) is 35.9.